The second-order valence-electron chi connectivity index (χ2n) is 7.10. The van der Waals surface area contributed by atoms with Gasteiger partial charge < -0.3 is 14.6 Å². The van der Waals surface area contributed by atoms with Crippen molar-refractivity contribution in [2.75, 3.05) is 12.3 Å². The highest BCUT2D eigenvalue weighted by molar-refractivity contribution is 8.00. The van der Waals surface area contributed by atoms with Crippen LogP contribution in [-0.2, 0) is 4.79 Å². The van der Waals surface area contributed by atoms with E-state index in [1.54, 1.807) is 28.8 Å². The van der Waals surface area contributed by atoms with Gasteiger partial charge in [-0.25, -0.2) is 0 Å². The van der Waals surface area contributed by atoms with E-state index in [1.807, 2.05) is 0 Å². The number of hydrogen-bond donors (Lipinski definition) is 1. The van der Waals surface area contributed by atoms with E-state index in [1.165, 1.54) is 6.26 Å². The maximum absolute atomic E-state index is 12.8. The molecule has 0 saturated carbocycles. The highest BCUT2D eigenvalue weighted by Crippen LogP contribution is 2.34. The van der Waals surface area contributed by atoms with Crippen LogP contribution in [0.1, 0.15) is 51.1 Å². The van der Waals surface area contributed by atoms with E-state index in [2.05, 4.69) is 33.0 Å². The lowest BCUT2D eigenvalue weighted by atomic mass is 10.1. The fourth-order valence-electron chi connectivity index (χ4n) is 2.75. The largest absolute Gasteiger partial charge is 0.459 e. The molecule has 6 heteroatoms. The number of thioether (sulfide) groups is 1. The highest BCUT2D eigenvalue weighted by Gasteiger charge is 2.42. The SMILES string of the molecule is CC(C)CCNC(=O)C1CSC(CC(C)C)N1C(=O)c1ccco1. The monoisotopic (exact) mass is 352 g/mol. The van der Waals surface area contributed by atoms with E-state index in [0.29, 0.717) is 29.9 Å². The summed E-state index contributed by atoms with van der Waals surface area (Å²) in [4.78, 5) is 27.1. The third-order valence-electron chi connectivity index (χ3n) is 4.06. The molecule has 2 unspecified atom stereocenters. The van der Waals surface area contributed by atoms with Crippen LogP contribution in [0.15, 0.2) is 22.8 Å². The zero-order valence-electron chi connectivity index (χ0n) is 15.0. The third kappa shape index (κ3) is 4.79. The molecule has 2 atom stereocenters. The van der Waals surface area contributed by atoms with Crippen LogP contribution in [0.5, 0.6) is 0 Å². The average molecular weight is 353 g/mol. The van der Waals surface area contributed by atoms with Gasteiger partial charge in [0.1, 0.15) is 6.04 Å². The molecule has 0 aromatic carbocycles. The van der Waals surface area contributed by atoms with Crippen molar-refractivity contribution < 1.29 is 14.0 Å². The van der Waals surface area contributed by atoms with Gasteiger partial charge >= 0.3 is 0 Å². The number of rotatable bonds is 7. The number of hydrogen-bond acceptors (Lipinski definition) is 4. The molecule has 1 saturated heterocycles. The van der Waals surface area contributed by atoms with Crippen LogP contribution in [0.2, 0.25) is 0 Å². The normalized spacial score (nSPS) is 20.8. The molecule has 1 fully saturated rings. The quantitative estimate of drug-likeness (QED) is 0.817. The summed E-state index contributed by atoms with van der Waals surface area (Å²) in [6.45, 7) is 9.17. The number of amides is 2. The van der Waals surface area contributed by atoms with Crippen molar-refractivity contribution in [3.05, 3.63) is 24.2 Å². The van der Waals surface area contributed by atoms with Crippen LogP contribution < -0.4 is 5.32 Å². The van der Waals surface area contributed by atoms with Crippen molar-refractivity contribution in [2.24, 2.45) is 11.8 Å². The van der Waals surface area contributed by atoms with E-state index in [0.717, 1.165) is 12.8 Å². The van der Waals surface area contributed by atoms with Gasteiger partial charge in [-0.2, -0.15) is 0 Å². The lowest BCUT2D eigenvalue weighted by Crippen LogP contribution is -2.50. The minimum absolute atomic E-state index is 0.0171. The van der Waals surface area contributed by atoms with E-state index < -0.39 is 6.04 Å². The summed E-state index contributed by atoms with van der Waals surface area (Å²) in [5, 5.41) is 3.00. The summed E-state index contributed by atoms with van der Waals surface area (Å²) in [7, 11) is 0. The first-order valence-corrected chi connectivity index (χ1v) is 9.70. The van der Waals surface area contributed by atoms with Crippen molar-refractivity contribution in [1.29, 1.82) is 0 Å². The minimum atomic E-state index is -0.427. The van der Waals surface area contributed by atoms with Gasteiger partial charge in [0.2, 0.25) is 5.91 Å². The first kappa shape index (κ1) is 18.9. The number of nitrogens with one attached hydrogen (secondary N) is 1. The Hall–Kier alpha value is -1.43. The third-order valence-corrected chi connectivity index (χ3v) is 5.37. The van der Waals surface area contributed by atoms with Crippen LogP contribution in [0.25, 0.3) is 0 Å². The number of carbonyl (C=O) groups is 2. The van der Waals surface area contributed by atoms with E-state index in [-0.39, 0.29) is 17.2 Å². The standard InChI is InChI=1S/C18H28N2O3S/c1-12(2)7-8-19-17(21)14-11-24-16(10-13(3)4)20(14)18(22)15-6-5-9-23-15/h5-6,9,12-14,16H,7-8,10-11H2,1-4H3,(H,19,21). The van der Waals surface area contributed by atoms with E-state index in [9.17, 15) is 9.59 Å². The maximum Gasteiger partial charge on any atom is 0.291 e. The first-order valence-electron chi connectivity index (χ1n) is 8.65. The van der Waals surface area contributed by atoms with E-state index >= 15 is 0 Å². The second kappa shape index (κ2) is 8.60. The van der Waals surface area contributed by atoms with Gasteiger partial charge in [0.05, 0.1) is 11.6 Å². The molecular weight excluding hydrogens is 324 g/mol. The molecule has 2 amide bonds. The Morgan fingerprint density at radius 1 is 1.33 bits per heavy atom. The Morgan fingerprint density at radius 3 is 2.67 bits per heavy atom. The summed E-state index contributed by atoms with van der Waals surface area (Å²) in [5.74, 6) is 1.67. The van der Waals surface area contributed by atoms with Crippen LogP contribution in [0, 0.1) is 11.8 Å². The summed E-state index contributed by atoms with van der Waals surface area (Å²) in [5.41, 5.74) is 0. The smallest absolute Gasteiger partial charge is 0.291 e. The zero-order valence-corrected chi connectivity index (χ0v) is 15.8. The van der Waals surface area contributed by atoms with Crippen molar-refractivity contribution in [3.8, 4) is 0 Å². The molecule has 1 aliphatic rings. The van der Waals surface area contributed by atoms with E-state index in [4.69, 9.17) is 4.42 Å². The Bertz CT molecular complexity index is 542. The summed E-state index contributed by atoms with van der Waals surface area (Å²) < 4.78 is 5.27. The van der Waals surface area contributed by atoms with Crippen LogP contribution in [0.3, 0.4) is 0 Å². The molecule has 2 rings (SSSR count). The number of furan rings is 1. The van der Waals surface area contributed by atoms with Crippen LogP contribution in [-0.4, -0.2) is 40.4 Å². The Balaban J connectivity index is 2.10. The molecule has 1 aliphatic heterocycles. The second-order valence-corrected chi connectivity index (χ2v) is 8.31. The van der Waals surface area contributed by atoms with Crippen molar-refractivity contribution in [2.45, 2.75) is 52.0 Å². The Labute approximate surface area is 148 Å². The van der Waals surface area contributed by atoms with Gasteiger partial charge in [0, 0.05) is 12.3 Å². The first-order chi connectivity index (χ1) is 11.4. The van der Waals surface area contributed by atoms with Crippen molar-refractivity contribution in [1.82, 2.24) is 10.2 Å². The topological polar surface area (TPSA) is 62.6 Å². The Morgan fingerprint density at radius 2 is 2.08 bits per heavy atom. The molecule has 0 radical (unpaired) electrons. The zero-order chi connectivity index (χ0) is 17.7. The minimum Gasteiger partial charge on any atom is -0.459 e. The molecule has 24 heavy (non-hydrogen) atoms. The van der Waals surface area contributed by atoms with Crippen LogP contribution in [0.4, 0.5) is 0 Å². The molecule has 5 nitrogen and oxygen atoms in total. The van der Waals surface area contributed by atoms with Crippen LogP contribution >= 0.6 is 11.8 Å². The van der Waals surface area contributed by atoms with Crippen molar-refractivity contribution >= 4 is 23.6 Å². The molecule has 2 heterocycles. The molecule has 134 valence electrons. The predicted molar refractivity (Wildman–Crippen MR) is 96.8 cm³/mol. The molecule has 0 bridgehead atoms. The number of carbonyl (C=O) groups excluding carboxylic acids is 2. The van der Waals surface area contributed by atoms with Gasteiger partial charge in [-0.1, -0.05) is 27.7 Å². The van der Waals surface area contributed by atoms with Gasteiger partial charge in [-0.15, -0.1) is 11.8 Å². The maximum atomic E-state index is 12.8. The fraction of sp³-hybridized carbons (Fsp3) is 0.667. The molecular formula is C18H28N2O3S. The van der Waals surface area contributed by atoms with Gasteiger partial charge in [0.15, 0.2) is 5.76 Å². The molecule has 0 spiro atoms. The Kier molecular flexibility index (Phi) is 6.78. The molecule has 1 aromatic heterocycles. The molecule has 1 N–H and O–H groups in total. The summed E-state index contributed by atoms with van der Waals surface area (Å²) in [6.07, 6.45) is 3.30. The number of nitrogens with zero attached hydrogens (tertiary/aromatic N) is 1. The van der Waals surface area contributed by atoms with Crippen molar-refractivity contribution in [3.63, 3.8) is 0 Å². The predicted octanol–water partition coefficient (Wildman–Crippen LogP) is 3.37. The van der Waals surface area contributed by atoms with Gasteiger partial charge in [-0.05, 0) is 36.8 Å². The molecule has 0 aliphatic carbocycles. The lowest BCUT2D eigenvalue weighted by Gasteiger charge is -2.29. The highest BCUT2D eigenvalue weighted by atomic mass is 32.2. The summed E-state index contributed by atoms with van der Waals surface area (Å²) in [6, 6.07) is 2.93. The molecule has 1 aromatic rings. The summed E-state index contributed by atoms with van der Waals surface area (Å²) >= 11 is 1.68. The van der Waals surface area contributed by atoms with Gasteiger partial charge in [0.25, 0.3) is 5.91 Å². The average Bonchev–Trinajstić information content (AvgIpc) is 3.14. The fourth-order valence-corrected chi connectivity index (χ4v) is 4.39. The lowest BCUT2D eigenvalue weighted by molar-refractivity contribution is -0.124. The van der Waals surface area contributed by atoms with Gasteiger partial charge in [-0.3, -0.25) is 9.59 Å².